The number of pyridine rings is 1. The molecule has 0 bridgehead atoms. The third-order valence-corrected chi connectivity index (χ3v) is 7.30. The molecule has 1 saturated carbocycles. The Labute approximate surface area is 206 Å². The van der Waals surface area contributed by atoms with Gasteiger partial charge < -0.3 is 4.98 Å². The van der Waals surface area contributed by atoms with Crippen molar-refractivity contribution in [3.05, 3.63) is 87.0 Å². The molecule has 1 aliphatic rings. The van der Waals surface area contributed by atoms with Gasteiger partial charge in [-0.1, -0.05) is 68.1 Å². The lowest BCUT2D eigenvalue weighted by Gasteiger charge is -2.32. The van der Waals surface area contributed by atoms with Crippen molar-refractivity contribution in [1.82, 2.24) is 30.1 Å². The summed E-state index contributed by atoms with van der Waals surface area (Å²) in [5.74, 6) is 0.754. The number of fused-ring (bicyclic) bond motifs is 1. The number of aromatic nitrogens is 5. The second kappa shape index (κ2) is 10.1. The molecule has 0 amide bonds. The second-order valence-electron chi connectivity index (χ2n) is 9.82. The molecule has 1 atom stereocenters. The molecule has 1 fully saturated rings. The largest absolute Gasteiger partial charge is 0.321 e. The van der Waals surface area contributed by atoms with Crippen molar-refractivity contribution < 1.29 is 0 Å². The summed E-state index contributed by atoms with van der Waals surface area (Å²) in [6.07, 6.45) is 5.77. The van der Waals surface area contributed by atoms with Crippen molar-refractivity contribution in [3.63, 3.8) is 0 Å². The van der Waals surface area contributed by atoms with Crippen molar-refractivity contribution >= 4 is 10.9 Å². The van der Waals surface area contributed by atoms with Crippen LogP contribution in [0.5, 0.6) is 0 Å². The van der Waals surface area contributed by atoms with E-state index in [9.17, 15) is 4.79 Å². The van der Waals surface area contributed by atoms with Gasteiger partial charge in [0.05, 0.1) is 11.6 Å². The molecule has 0 radical (unpaired) electrons. The van der Waals surface area contributed by atoms with Gasteiger partial charge in [0, 0.05) is 12.1 Å². The first kappa shape index (κ1) is 23.4. The van der Waals surface area contributed by atoms with Crippen LogP contribution in [0.2, 0.25) is 0 Å². The summed E-state index contributed by atoms with van der Waals surface area (Å²) in [6.45, 7) is 7.71. The number of nitrogens with one attached hydrogen (secondary N) is 1. The van der Waals surface area contributed by atoms with Gasteiger partial charge in [0.25, 0.3) is 5.56 Å². The Hall–Kier alpha value is -3.32. The minimum atomic E-state index is -0.355. The highest BCUT2D eigenvalue weighted by molar-refractivity contribution is 5.83. The van der Waals surface area contributed by atoms with E-state index in [4.69, 9.17) is 0 Å². The van der Waals surface area contributed by atoms with Crippen LogP contribution in [0.15, 0.2) is 53.3 Å². The predicted molar refractivity (Wildman–Crippen MR) is 138 cm³/mol. The summed E-state index contributed by atoms with van der Waals surface area (Å²) in [5, 5.41) is 14.1. The van der Waals surface area contributed by atoms with Crippen LogP contribution < -0.4 is 5.56 Å². The third-order valence-electron chi connectivity index (χ3n) is 7.30. The summed E-state index contributed by atoms with van der Waals surface area (Å²) >= 11 is 0. The summed E-state index contributed by atoms with van der Waals surface area (Å²) in [5.41, 5.74) is 4.93. The zero-order valence-electron chi connectivity index (χ0n) is 20.9. The van der Waals surface area contributed by atoms with Crippen molar-refractivity contribution in [2.24, 2.45) is 0 Å². The lowest BCUT2D eigenvalue weighted by atomic mass is 9.95. The molecule has 4 aromatic rings. The minimum absolute atomic E-state index is 0.0841. The van der Waals surface area contributed by atoms with Gasteiger partial charge in [0.15, 0.2) is 5.82 Å². The van der Waals surface area contributed by atoms with E-state index < -0.39 is 0 Å². The van der Waals surface area contributed by atoms with Gasteiger partial charge in [-0.25, -0.2) is 4.68 Å². The molecule has 182 valence electrons. The Morgan fingerprint density at radius 3 is 2.60 bits per heavy atom. The van der Waals surface area contributed by atoms with E-state index in [2.05, 4.69) is 75.7 Å². The molecule has 1 N–H and O–H groups in total. The summed E-state index contributed by atoms with van der Waals surface area (Å²) in [7, 11) is 0. The molecule has 2 heterocycles. The quantitative estimate of drug-likeness (QED) is 0.399. The lowest BCUT2D eigenvalue weighted by Crippen LogP contribution is -2.35. The van der Waals surface area contributed by atoms with Crippen LogP contribution in [-0.4, -0.2) is 36.6 Å². The van der Waals surface area contributed by atoms with Gasteiger partial charge in [-0.05, 0) is 72.3 Å². The summed E-state index contributed by atoms with van der Waals surface area (Å²) in [6, 6.07) is 16.6. The van der Waals surface area contributed by atoms with E-state index in [0.29, 0.717) is 12.1 Å². The highest BCUT2D eigenvalue weighted by Gasteiger charge is 2.32. The Morgan fingerprint density at radius 2 is 1.86 bits per heavy atom. The van der Waals surface area contributed by atoms with Gasteiger partial charge in [-0.15, -0.1) is 5.10 Å². The van der Waals surface area contributed by atoms with Crippen LogP contribution in [0, 0.1) is 13.8 Å². The molecule has 7 heteroatoms. The van der Waals surface area contributed by atoms with Gasteiger partial charge in [-0.2, -0.15) is 0 Å². The Kier molecular flexibility index (Phi) is 6.77. The first-order chi connectivity index (χ1) is 17.0. The summed E-state index contributed by atoms with van der Waals surface area (Å²) < 4.78 is 2.00. The molecule has 5 rings (SSSR count). The number of tetrazole rings is 1. The molecule has 2 aromatic carbocycles. The van der Waals surface area contributed by atoms with E-state index >= 15 is 0 Å². The highest BCUT2D eigenvalue weighted by atomic mass is 16.1. The standard InChI is InChI=1S/C28H34N6O/c1-4-33(18-21-11-7-5-8-12-21)26(27-30-31-32-34(27)23-13-9-6-10-14-23)24-17-22-16-19(2)15-20(3)25(22)29-28(24)35/h5,7-8,11-12,15-17,23,26H,4,6,9-10,13-14,18H2,1-3H3,(H,29,35). The molecule has 0 saturated heterocycles. The number of aromatic amines is 1. The average molecular weight is 471 g/mol. The molecule has 1 unspecified atom stereocenters. The topological polar surface area (TPSA) is 79.7 Å². The fourth-order valence-electron chi connectivity index (χ4n) is 5.58. The molecule has 7 nitrogen and oxygen atoms in total. The van der Waals surface area contributed by atoms with Crippen molar-refractivity contribution in [2.75, 3.05) is 6.54 Å². The molecule has 0 aliphatic heterocycles. The fourth-order valence-corrected chi connectivity index (χ4v) is 5.58. The van der Waals surface area contributed by atoms with E-state index in [1.165, 1.54) is 30.4 Å². The van der Waals surface area contributed by atoms with Crippen LogP contribution in [0.3, 0.4) is 0 Å². The predicted octanol–water partition coefficient (Wildman–Crippen LogP) is 5.25. The van der Waals surface area contributed by atoms with Gasteiger partial charge in [0.1, 0.15) is 6.04 Å². The van der Waals surface area contributed by atoms with E-state index in [-0.39, 0.29) is 17.6 Å². The van der Waals surface area contributed by atoms with Gasteiger partial charge in [-0.3, -0.25) is 9.69 Å². The van der Waals surface area contributed by atoms with Crippen LogP contribution in [0.25, 0.3) is 10.9 Å². The Bertz CT molecular complexity index is 1350. The summed E-state index contributed by atoms with van der Waals surface area (Å²) in [4.78, 5) is 19.1. The maximum atomic E-state index is 13.6. The lowest BCUT2D eigenvalue weighted by molar-refractivity contribution is 0.204. The number of hydrogen-bond donors (Lipinski definition) is 1. The van der Waals surface area contributed by atoms with Crippen LogP contribution in [0.4, 0.5) is 0 Å². The molecule has 0 spiro atoms. The van der Waals surface area contributed by atoms with E-state index in [1.807, 2.05) is 23.7 Å². The third kappa shape index (κ3) is 4.78. The van der Waals surface area contributed by atoms with Crippen LogP contribution in [-0.2, 0) is 6.54 Å². The second-order valence-corrected chi connectivity index (χ2v) is 9.82. The molecular formula is C28H34N6O. The van der Waals surface area contributed by atoms with Gasteiger partial charge in [0.2, 0.25) is 0 Å². The zero-order chi connectivity index (χ0) is 24.4. The minimum Gasteiger partial charge on any atom is -0.321 e. The normalized spacial score (nSPS) is 15.7. The number of hydrogen-bond acceptors (Lipinski definition) is 5. The number of nitrogens with zero attached hydrogens (tertiary/aromatic N) is 5. The number of aryl methyl sites for hydroxylation is 2. The van der Waals surface area contributed by atoms with Crippen molar-refractivity contribution in [1.29, 1.82) is 0 Å². The molecular weight excluding hydrogens is 436 g/mol. The molecule has 2 aromatic heterocycles. The first-order valence-corrected chi connectivity index (χ1v) is 12.7. The van der Waals surface area contributed by atoms with Crippen LogP contribution in [0.1, 0.15) is 79.2 Å². The maximum Gasteiger partial charge on any atom is 0.253 e. The van der Waals surface area contributed by atoms with Crippen LogP contribution >= 0.6 is 0 Å². The van der Waals surface area contributed by atoms with E-state index in [0.717, 1.165) is 41.7 Å². The number of rotatable bonds is 7. The maximum absolute atomic E-state index is 13.6. The molecule has 35 heavy (non-hydrogen) atoms. The Balaban J connectivity index is 1.67. The zero-order valence-corrected chi connectivity index (χ0v) is 20.9. The smallest absolute Gasteiger partial charge is 0.253 e. The van der Waals surface area contributed by atoms with Crippen molar-refractivity contribution in [2.45, 2.75) is 71.5 Å². The van der Waals surface area contributed by atoms with Gasteiger partial charge >= 0.3 is 0 Å². The van der Waals surface area contributed by atoms with E-state index in [1.54, 1.807) is 0 Å². The fraction of sp³-hybridized carbons (Fsp3) is 0.429. The Morgan fingerprint density at radius 1 is 1.09 bits per heavy atom. The monoisotopic (exact) mass is 470 g/mol. The van der Waals surface area contributed by atoms with Crippen molar-refractivity contribution in [3.8, 4) is 0 Å². The number of H-pyrrole nitrogens is 1. The highest BCUT2D eigenvalue weighted by Crippen LogP contribution is 2.34. The molecule has 1 aliphatic carbocycles. The number of benzene rings is 2. The first-order valence-electron chi connectivity index (χ1n) is 12.7. The SMILES string of the molecule is CCN(Cc1ccccc1)C(c1cc2cc(C)cc(C)c2[nH]c1=O)c1nnnn1C1CCCCC1. The average Bonchev–Trinajstić information content (AvgIpc) is 3.35.